The molecule has 0 saturated carbocycles. The summed E-state index contributed by atoms with van der Waals surface area (Å²) in [5.41, 5.74) is 3.32. The van der Waals surface area contributed by atoms with Crippen molar-refractivity contribution in [1.29, 1.82) is 0 Å². The highest BCUT2D eigenvalue weighted by molar-refractivity contribution is 7.89. The van der Waals surface area contributed by atoms with E-state index in [-0.39, 0.29) is 10.9 Å². The highest BCUT2D eigenvalue weighted by Crippen LogP contribution is 2.27. The maximum absolute atomic E-state index is 13.3. The Hall–Kier alpha value is -3.56. The third-order valence-electron chi connectivity index (χ3n) is 5.12. The molecule has 2 aromatic heterocycles. The molecule has 0 aliphatic carbocycles. The third kappa shape index (κ3) is 4.12. The van der Waals surface area contributed by atoms with Gasteiger partial charge in [-0.15, -0.1) is 0 Å². The van der Waals surface area contributed by atoms with E-state index in [1.807, 2.05) is 44.2 Å². The molecule has 1 amide bonds. The summed E-state index contributed by atoms with van der Waals surface area (Å²) >= 11 is 0. The third-order valence-corrected chi connectivity index (χ3v) is 6.18. The van der Waals surface area contributed by atoms with Crippen LogP contribution in [0, 0.1) is 6.92 Å². The lowest BCUT2D eigenvalue weighted by atomic mass is 10.1. The predicted octanol–water partition coefficient (Wildman–Crippen LogP) is 3.89. The van der Waals surface area contributed by atoms with Gasteiger partial charge in [-0.25, -0.2) is 23.2 Å². The summed E-state index contributed by atoms with van der Waals surface area (Å²) < 4.78 is 25.5. The fourth-order valence-electron chi connectivity index (χ4n) is 3.52. The highest BCUT2D eigenvalue weighted by Gasteiger charge is 2.20. The lowest BCUT2D eigenvalue weighted by Gasteiger charge is -2.12. The number of fused-ring (bicyclic) bond motifs is 1. The number of primary sulfonamides is 1. The van der Waals surface area contributed by atoms with Gasteiger partial charge in [0, 0.05) is 17.3 Å². The number of nitrogens with two attached hydrogens (primary N) is 1. The molecule has 2 heterocycles. The van der Waals surface area contributed by atoms with Crippen molar-refractivity contribution in [2.24, 2.45) is 5.14 Å². The van der Waals surface area contributed by atoms with Gasteiger partial charge in [-0.1, -0.05) is 36.4 Å². The summed E-state index contributed by atoms with van der Waals surface area (Å²) in [4.78, 5) is 18.0. The van der Waals surface area contributed by atoms with Gasteiger partial charge >= 0.3 is 0 Å². The molecule has 164 valence electrons. The van der Waals surface area contributed by atoms with Crippen LogP contribution in [-0.2, 0) is 10.0 Å². The number of carbonyl (C=O) groups excluding carboxylic acids is 1. The van der Waals surface area contributed by atoms with Crippen molar-refractivity contribution in [3.05, 3.63) is 71.9 Å². The SMILES string of the molecule is Cc1ccc(NC(=O)c2cc(-c3ccccc3)nc3c2cnn3C(C)C)cc1S(N)(=O)=O. The van der Waals surface area contributed by atoms with Gasteiger partial charge in [0.25, 0.3) is 5.91 Å². The van der Waals surface area contributed by atoms with Gasteiger partial charge < -0.3 is 5.32 Å². The van der Waals surface area contributed by atoms with Crippen LogP contribution in [0.3, 0.4) is 0 Å². The lowest BCUT2D eigenvalue weighted by Crippen LogP contribution is -2.16. The number of pyridine rings is 1. The molecule has 0 radical (unpaired) electrons. The van der Waals surface area contributed by atoms with E-state index in [4.69, 9.17) is 10.1 Å². The van der Waals surface area contributed by atoms with Crippen LogP contribution in [0.5, 0.6) is 0 Å². The quantitative estimate of drug-likeness (QED) is 0.479. The monoisotopic (exact) mass is 449 g/mol. The lowest BCUT2D eigenvalue weighted by molar-refractivity contribution is 0.102. The maximum Gasteiger partial charge on any atom is 0.256 e. The topological polar surface area (TPSA) is 120 Å². The zero-order chi connectivity index (χ0) is 23.0. The van der Waals surface area contributed by atoms with Gasteiger partial charge in [-0.2, -0.15) is 5.10 Å². The van der Waals surface area contributed by atoms with E-state index < -0.39 is 15.9 Å². The first-order valence-electron chi connectivity index (χ1n) is 10.0. The minimum absolute atomic E-state index is 0.0345. The molecule has 0 unspecified atom stereocenters. The molecule has 9 heteroatoms. The van der Waals surface area contributed by atoms with Crippen LogP contribution in [0.2, 0.25) is 0 Å². The number of nitrogens with zero attached hydrogens (tertiary/aromatic N) is 3. The van der Waals surface area contributed by atoms with Crippen molar-refractivity contribution in [3.8, 4) is 11.3 Å². The largest absolute Gasteiger partial charge is 0.322 e. The molecule has 0 saturated heterocycles. The fourth-order valence-corrected chi connectivity index (χ4v) is 4.33. The van der Waals surface area contributed by atoms with Crippen molar-refractivity contribution in [2.45, 2.75) is 31.7 Å². The Morgan fingerprint density at radius 2 is 1.81 bits per heavy atom. The average molecular weight is 450 g/mol. The van der Waals surface area contributed by atoms with Gasteiger partial charge in [0.1, 0.15) is 0 Å². The average Bonchev–Trinajstić information content (AvgIpc) is 3.18. The van der Waals surface area contributed by atoms with Gasteiger partial charge in [0.2, 0.25) is 10.0 Å². The summed E-state index contributed by atoms with van der Waals surface area (Å²) in [6.45, 7) is 5.62. The van der Waals surface area contributed by atoms with Crippen LogP contribution in [0.1, 0.15) is 35.8 Å². The number of hydrogen-bond acceptors (Lipinski definition) is 5. The number of rotatable bonds is 5. The first kappa shape index (κ1) is 21.7. The minimum Gasteiger partial charge on any atom is -0.322 e. The number of benzene rings is 2. The Morgan fingerprint density at radius 1 is 1.09 bits per heavy atom. The zero-order valence-electron chi connectivity index (χ0n) is 17.9. The van der Waals surface area contributed by atoms with Gasteiger partial charge in [-0.05, 0) is 44.5 Å². The molecule has 8 nitrogen and oxygen atoms in total. The summed E-state index contributed by atoms with van der Waals surface area (Å²) in [5.74, 6) is -0.401. The van der Waals surface area contributed by atoms with Gasteiger partial charge in [0.05, 0.1) is 27.7 Å². The van der Waals surface area contributed by atoms with Crippen molar-refractivity contribution < 1.29 is 13.2 Å². The number of carbonyl (C=O) groups is 1. The molecule has 2 aromatic carbocycles. The molecule has 0 bridgehead atoms. The van der Waals surface area contributed by atoms with Crippen LogP contribution >= 0.6 is 0 Å². The Balaban J connectivity index is 1.82. The van der Waals surface area contributed by atoms with E-state index in [2.05, 4.69) is 10.4 Å². The highest BCUT2D eigenvalue weighted by atomic mass is 32.2. The van der Waals surface area contributed by atoms with Crippen molar-refractivity contribution >= 4 is 32.7 Å². The Morgan fingerprint density at radius 3 is 2.47 bits per heavy atom. The first-order chi connectivity index (χ1) is 15.1. The predicted molar refractivity (Wildman–Crippen MR) is 124 cm³/mol. The van der Waals surface area contributed by atoms with Crippen LogP contribution < -0.4 is 10.5 Å². The minimum atomic E-state index is -3.91. The van der Waals surface area contributed by atoms with Crippen LogP contribution in [0.25, 0.3) is 22.3 Å². The Labute approximate surface area is 186 Å². The molecule has 0 spiro atoms. The van der Waals surface area contributed by atoms with Crippen molar-refractivity contribution in [2.75, 3.05) is 5.32 Å². The molecule has 3 N–H and O–H groups in total. The number of hydrogen-bond donors (Lipinski definition) is 2. The van der Waals surface area contributed by atoms with Crippen LogP contribution in [-0.4, -0.2) is 29.1 Å². The van der Waals surface area contributed by atoms with Crippen LogP contribution in [0.15, 0.2) is 65.7 Å². The molecular weight excluding hydrogens is 426 g/mol. The smallest absolute Gasteiger partial charge is 0.256 e. The van der Waals surface area contributed by atoms with E-state index in [1.54, 1.807) is 36.0 Å². The number of amides is 1. The Bertz CT molecular complexity index is 1430. The first-order valence-corrected chi connectivity index (χ1v) is 11.6. The van der Waals surface area contributed by atoms with Gasteiger partial charge in [-0.3, -0.25) is 4.79 Å². The number of aryl methyl sites for hydroxylation is 1. The number of nitrogens with one attached hydrogen (secondary N) is 1. The molecular formula is C23H23N5O3S. The van der Waals surface area contributed by atoms with Crippen molar-refractivity contribution in [1.82, 2.24) is 14.8 Å². The molecule has 0 aliphatic heterocycles. The number of aromatic nitrogens is 3. The van der Waals surface area contributed by atoms with E-state index >= 15 is 0 Å². The second kappa shape index (κ2) is 8.18. The molecule has 0 atom stereocenters. The van der Waals surface area contributed by atoms with E-state index in [0.29, 0.717) is 33.5 Å². The Kier molecular flexibility index (Phi) is 5.53. The summed E-state index contributed by atoms with van der Waals surface area (Å²) in [5, 5.41) is 13.1. The molecule has 4 rings (SSSR count). The van der Waals surface area contributed by atoms with E-state index in [9.17, 15) is 13.2 Å². The summed E-state index contributed by atoms with van der Waals surface area (Å²) in [6.07, 6.45) is 1.62. The summed E-state index contributed by atoms with van der Waals surface area (Å²) in [6, 6.07) is 15.9. The van der Waals surface area contributed by atoms with Crippen molar-refractivity contribution in [3.63, 3.8) is 0 Å². The second-order valence-corrected chi connectivity index (χ2v) is 9.35. The number of sulfonamides is 1. The van der Waals surface area contributed by atoms with E-state index in [1.165, 1.54) is 6.07 Å². The number of anilines is 1. The molecule has 0 fully saturated rings. The zero-order valence-corrected chi connectivity index (χ0v) is 18.7. The van der Waals surface area contributed by atoms with E-state index in [0.717, 1.165) is 5.56 Å². The normalized spacial score (nSPS) is 11.8. The summed E-state index contributed by atoms with van der Waals surface area (Å²) in [7, 11) is -3.91. The van der Waals surface area contributed by atoms with Gasteiger partial charge in [0.15, 0.2) is 5.65 Å². The fraction of sp³-hybridized carbons (Fsp3) is 0.174. The molecule has 32 heavy (non-hydrogen) atoms. The molecule has 4 aromatic rings. The standard InChI is InChI=1S/C23H23N5O3S/c1-14(2)28-22-19(13-25-28)18(12-20(27-22)16-7-5-4-6-8-16)23(29)26-17-10-9-15(3)21(11-17)32(24,30)31/h4-14H,1-3H3,(H,26,29)(H2,24,30,31). The maximum atomic E-state index is 13.3. The molecule has 0 aliphatic rings. The second-order valence-electron chi connectivity index (χ2n) is 7.82. The van der Waals surface area contributed by atoms with Crippen LogP contribution in [0.4, 0.5) is 5.69 Å².